The average Bonchev–Trinajstić information content (AvgIpc) is 2.87. The molecule has 6 heteroatoms. The first-order valence-electron chi connectivity index (χ1n) is 7.00. The zero-order chi connectivity index (χ0) is 16.5. The Hall–Kier alpha value is -1.27. The van der Waals surface area contributed by atoms with E-state index in [4.69, 9.17) is 4.42 Å². The van der Waals surface area contributed by atoms with Crippen molar-refractivity contribution >= 4 is 21.6 Å². The minimum atomic E-state index is -3.15. The van der Waals surface area contributed by atoms with Crippen molar-refractivity contribution < 1.29 is 12.8 Å². The molecule has 0 aliphatic rings. The first-order valence-corrected chi connectivity index (χ1v) is 9.77. The van der Waals surface area contributed by atoms with Gasteiger partial charge in [-0.25, -0.2) is 13.4 Å². The lowest BCUT2D eigenvalue weighted by atomic mass is 9.94. The Kier molecular flexibility index (Phi) is 4.73. The molecule has 2 aromatic rings. The summed E-state index contributed by atoms with van der Waals surface area (Å²) in [7, 11) is -3.15. The zero-order valence-corrected chi connectivity index (χ0v) is 15.1. The zero-order valence-electron chi connectivity index (χ0n) is 13.5. The van der Waals surface area contributed by atoms with Gasteiger partial charge < -0.3 is 4.42 Å². The Morgan fingerprint density at radius 1 is 1.18 bits per heavy atom. The standard InChI is InChI=1S/C16H21NO3S2/c1-11(15-17-10-14(20-15)16(2,3)4)21-12-6-8-13(9-7-12)22(5,18)19/h6-11H,1-5H3/t11-/m1/s1. The molecule has 0 amide bonds. The van der Waals surface area contributed by atoms with E-state index >= 15 is 0 Å². The topological polar surface area (TPSA) is 60.2 Å². The summed E-state index contributed by atoms with van der Waals surface area (Å²) < 4.78 is 28.7. The lowest BCUT2D eigenvalue weighted by Crippen LogP contribution is -2.09. The summed E-state index contributed by atoms with van der Waals surface area (Å²) in [5.74, 6) is 1.55. The van der Waals surface area contributed by atoms with E-state index in [2.05, 4.69) is 25.8 Å². The molecule has 0 unspecified atom stereocenters. The van der Waals surface area contributed by atoms with Crippen molar-refractivity contribution in [3.63, 3.8) is 0 Å². The molecule has 1 atom stereocenters. The van der Waals surface area contributed by atoms with Gasteiger partial charge in [-0.05, 0) is 31.2 Å². The van der Waals surface area contributed by atoms with Crippen LogP contribution in [0.1, 0.15) is 44.6 Å². The molecule has 4 nitrogen and oxygen atoms in total. The minimum absolute atomic E-state index is 0.0557. The second kappa shape index (κ2) is 6.08. The molecular weight excluding hydrogens is 318 g/mol. The molecule has 0 aliphatic carbocycles. The summed E-state index contributed by atoms with van der Waals surface area (Å²) in [6, 6.07) is 6.87. The number of hydrogen-bond acceptors (Lipinski definition) is 5. The van der Waals surface area contributed by atoms with Gasteiger partial charge in [-0.15, -0.1) is 11.8 Å². The van der Waals surface area contributed by atoms with Crippen LogP contribution in [0.4, 0.5) is 0 Å². The fraction of sp³-hybridized carbons (Fsp3) is 0.438. The number of oxazole rings is 1. The third-order valence-electron chi connectivity index (χ3n) is 3.18. The van der Waals surface area contributed by atoms with Crippen molar-refractivity contribution in [2.75, 3.05) is 6.26 Å². The smallest absolute Gasteiger partial charge is 0.207 e. The fourth-order valence-electron chi connectivity index (χ4n) is 1.84. The first kappa shape index (κ1) is 17.1. The Labute approximate surface area is 136 Å². The molecule has 0 saturated carbocycles. The van der Waals surface area contributed by atoms with Gasteiger partial charge in [-0.2, -0.15) is 0 Å². The molecule has 1 aromatic carbocycles. The van der Waals surface area contributed by atoms with E-state index in [1.54, 1.807) is 30.1 Å². The third-order valence-corrected chi connectivity index (χ3v) is 5.40. The quantitative estimate of drug-likeness (QED) is 0.780. The van der Waals surface area contributed by atoms with E-state index < -0.39 is 9.84 Å². The van der Waals surface area contributed by atoms with Crippen molar-refractivity contribution in [3.05, 3.63) is 42.1 Å². The van der Waals surface area contributed by atoms with Gasteiger partial charge in [0, 0.05) is 16.6 Å². The SMILES string of the molecule is C[C@@H](Sc1ccc(S(C)(=O)=O)cc1)c1ncc(C(C)(C)C)o1. The van der Waals surface area contributed by atoms with Crippen LogP contribution in [0.5, 0.6) is 0 Å². The van der Waals surface area contributed by atoms with Gasteiger partial charge in [0.1, 0.15) is 5.76 Å². The molecule has 0 spiro atoms. The predicted octanol–water partition coefficient (Wildman–Crippen LogP) is 4.23. The summed E-state index contributed by atoms with van der Waals surface area (Å²) in [6.45, 7) is 8.27. The molecule has 120 valence electrons. The Bertz CT molecular complexity index is 740. The predicted molar refractivity (Wildman–Crippen MR) is 89.0 cm³/mol. The van der Waals surface area contributed by atoms with Crippen LogP contribution in [0, 0.1) is 0 Å². The monoisotopic (exact) mass is 339 g/mol. The molecule has 0 fully saturated rings. The van der Waals surface area contributed by atoms with Gasteiger partial charge >= 0.3 is 0 Å². The van der Waals surface area contributed by atoms with Crippen LogP contribution in [-0.2, 0) is 15.3 Å². The van der Waals surface area contributed by atoms with Gasteiger partial charge in [-0.3, -0.25) is 0 Å². The van der Waals surface area contributed by atoms with E-state index in [0.29, 0.717) is 10.8 Å². The van der Waals surface area contributed by atoms with Crippen LogP contribution in [-0.4, -0.2) is 19.7 Å². The van der Waals surface area contributed by atoms with Crippen molar-refractivity contribution in [1.29, 1.82) is 0 Å². The third kappa shape index (κ3) is 4.14. The van der Waals surface area contributed by atoms with Gasteiger partial charge in [0.05, 0.1) is 16.3 Å². The van der Waals surface area contributed by atoms with Gasteiger partial charge in [0.2, 0.25) is 5.89 Å². The van der Waals surface area contributed by atoms with E-state index in [1.807, 2.05) is 19.1 Å². The second-order valence-electron chi connectivity index (χ2n) is 6.32. The van der Waals surface area contributed by atoms with E-state index in [9.17, 15) is 8.42 Å². The van der Waals surface area contributed by atoms with Crippen LogP contribution >= 0.6 is 11.8 Å². The van der Waals surface area contributed by atoms with E-state index in [0.717, 1.165) is 10.7 Å². The van der Waals surface area contributed by atoms with E-state index in [1.165, 1.54) is 6.26 Å². The van der Waals surface area contributed by atoms with E-state index in [-0.39, 0.29) is 10.7 Å². The summed E-state index contributed by atoms with van der Waals surface area (Å²) in [5, 5.41) is 0.0557. The number of hydrogen-bond donors (Lipinski definition) is 0. The van der Waals surface area contributed by atoms with Crippen molar-refractivity contribution in [2.24, 2.45) is 0 Å². The minimum Gasteiger partial charge on any atom is -0.444 e. The van der Waals surface area contributed by atoms with Gasteiger partial charge in [-0.1, -0.05) is 20.8 Å². The Morgan fingerprint density at radius 2 is 1.77 bits per heavy atom. The maximum atomic E-state index is 11.5. The first-order chi connectivity index (χ1) is 10.1. The molecule has 0 radical (unpaired) electrons. The maximum absolute atomic E-state index is 11.5. The number of nitrogens with zero attached hydrogens (tertiary/aromatic N) is 1. The van der Waals surface area contributed by atoms with Crippen LogP contribution in [0.15, 0.2) is 44.7 Å². The number of benzene rings is 1. The molecule has 2 rings (SSSR count). The van der Waals surface area contributed by atoms with Crippen LogP contribution in [0.3, 0.4) is 0 Å². The highest BCUT2D eigenvalue weighted by atomic mass is 32.2. The molecule has 0 bridgehead atoms. The normalized spacial score (nSPS) is 14.0. The Morgan fingerprint density at radius 3 is 2.23 bits per heavy atom. The van der Waals surface area contributed by atoms with Crippen LogP contribution in [0.2, 0.25) is 0 Å². The summed E-state index contributed by atoms with van der Waals surface area (Å²) in [4.78, 5) is 5.66. The van der Waals surface area contributed by atoms with Crippen molar-refractivity contribution in [1.82, 2.24) is 4.98 Å². The second-order valence-corrected chi connectivity index (χ2v) is 9.75. The lowest BCUT2D eigenvalue weighted by molar-refractivity contribution is 0.383. The van der Waals surface area contributed by atoms with Gasteiger partial charge in [0.15, 0.2) is 9.84 Å². The number of sulfone groups is 1. The summed E-state index contributed by atoms with van der Waals surface area (Å²) >= 11 is 1.59. The molecular formula is C16H21NO3S2. The van der Waals surface area contributed by atoms with Crippen LogP contribution in [0.25, 0.3) is 0 Å². The van der Waals surface area contributed by atoms with Gasteiger partial charge in [0.25, 0.3) is 0 Å². The average molecular weight is 339 g/mol. The molecule has 0 aliphatic heterocycles. The van der Waals surface area contributed by atoms with Crippen molar-refractivity contribution in [3.8, 4) is 0 Å². The molecule has 0 saturated heterocycles. The molecule has 1 aromatic heterocycles. The summed E-state index contributed by atoms with van der Waals surface area (Å²) in [5.41, 5.74) is -0.0627. The lowest BCUT2D eigenvalue weighted by Gasteiger charge is -2.14. The number of aromatic nitrogens is 1. The van der Waals surface area contributed by atoms with Crippen molar-refractivity contribution in [2.45, 2.75) is 48.2 Å². The molecule has 1 heterocycles. The maximum Gasteiger partial charge on any atom is 0.207 e. The largest absolute Gasteiger partial charge is 0.444 e. The summed E-state index contributed by atoms with van der Waals surface area (Å²) in [6.07, 6.45) is 2.98. The number of rotatable bonds is 4. The Balaban J connectivity index is 2.12. The number of thioether (sulfide) groups is 1. The van der Waals surface area contributed by atoms with Crippen LogP contribution < -0.4 is 0 Å². The highest BCUT2D eigenvalue weighted by Gasteiger charge is 2.21. The highest BCUT2D eigenvalue weighted by Crippen LogP contribution is 2.36. The molecule has 22 heavy (non-hydrogen) atoms. The molecule has 0 N–H and O–H groups in total. The fourth-order valence-corrected chi connectivity index (χ4v) is 3.38. The highest BCUT2D eigenvalue weighted by molar-refractivity contribution is 7.99.